The van der Waals surface area contributed by atoms with Gasteiger partial charge in [0.15, 0.2) is 5.16 Å². The van der Waals surface area contributed by atoms with Gasteiger partial charge in [-0.05, 0) is 39.2 Å². The van der Waals surface area contributed by atoms with E-state index >= 15 is 0 Å². The molecule has 1 saturated heterocycles. The minimum atomic E-state index is -0.351. The lowest BCUT2D eigenvalue weighted by atomic mass is 9.97. The third-order valence-corrected chi connectivity index (χ3v) is 7.13. The fourth-order valence-electron chi connectivity index (χ4n) is 3.35. The molecule has 0 saturated carbocycles. The summed E-state index contributed by atoms with van der Waals surface area (Å²) in [6, 6.07) is 0. The number of nitrogens with two attached hydrogens (primary N) is 1. The second-order valence-corrected chi connectivity index (χ2v) is 8.92. The lowest BCUT2D eigenvalue weighted by Gasteiger charge is -2.31. The van der Waals surface area contributed by atoms with Crippen LogP contribution in [0.15, 0.2) is 9.95 Å². The molecule has 2 aromatic rings. The summed E-state index contributed by atoms with van der Waals surface area (Å²) < 4.78 is 1.63. The van der Waals surface area contributed by atoms with Crippen molar-refractivity contribution in [3.05, 3.63) is 20.8 Å². The molecule has 1 aliphatic rings. The highest BCUT2D eigenvalue weighted by molar-refractivity contribution is 7.99. The molecule has 0 bridgehead atoms. The topological polar surface area (TPSA) is 98.3 Å². The van der Waals surface area contributed by atoms with E-state index in [0.29, 0.717) is 30.2 Å². The molecular weight excluding hydrogens is 384 g/mol. The standard InChI is InChI=1S/C18H24N4O3S2/c1-4-22-17(25)14-10(2)11(3)27-16(14)20-18(22)26-9-13(23)21-7-5-6-12(8-21)15(19)24/h12H,4-9H2,1-3H3,(H2,19,24)/t12-/m0/s1. The van der Waals surface area contributed by atoms with E-state index in [1.165, 1.54) is 23.1 Å². The zero-order valence-corrected chi connectivity index (χ0v) is 17.4. The van der Waals surface area contributed by atoms with Crippen LogP contribution >= 0.6 is 23.1 Å². The van der Waals surface area contributed by atoms with Crippen molar-refractivity contribution >= 4 is 45.1 Å². The lowest BCUT2D eigenvalue weighted by molar-refractivity contribution is -0.132. The highest BCUT2D eigenvalue weighted by Gasteiger charge is 2.27. The van der Waals surface area contributed by atoms with Crippen LogP contribution < -0.4 is 11.3 Å². The van der Waals surface area contributed by atoms with Crippen LogP contribution in [-0.4, -0.2) is 45.1 Å². The summed E-state index contributed by atoms with van der Waals surface area (Å²) in [6.45, 7) is 7.35. The van der Waals surface area contributed by atoms with Crippen LogP contribution in [0.25, 0.3) is 10.2 Å². The number of aromatic nitrogens is 2. The number of primary amides is 1. The number of fused-ring (bicyclic) bond motifs is 1. The Bertz CT molecular complexity index is 950. The molecule has 2 amide bonds. The first kappa shape index (κ1) is 19.9. The Kier molecular flexibility index (Phi) is 5.90. The third kappa shape index (κ3) is 3.89. The van der Waals surface area contributed by atoms with E-state index < -0.39 is 0 Å². The lowest BCUT2D eigenvalue weighted by Crippen LogP contribution is -2.44. The smallest absolute Gasteiger partial charge is 0.263 e. The maximum atomic E-state index is 12.8. The van der Waals surface area contributed by atoms with E-state index in [1.807, 2.05) is 20.8 Å². The molecule has 2 aromatic heterocycles. The first-order chi connectivity index (χ1) is 12.8. The summed E-state index contributed by atoms with van der Waals surface area (Å²) in [4.78, 5) is 45.0. The van der Waals surface area contributed by atoms with Crippen molar-refractivity contribution in [2.45, 2.75) is 45.3 Å². The van der Waals surface area contributed by atoms with Gasteiger partial charge in [0.2, 0.25) is 11.8 Å². The number of carbonyl (C=O) groups is 2. The van der Waals surface area contributed by atoms with Gasteiger partial charge in [0.05, 0.1) is 17.1 Å². The zero-order valence-electron chi connectivity index (χ0n) is 15.8. The van der Waals surface area contributed by atoms with Gasteiger partial charge in [0, 0.05) is 24.5 Å². The van der Waals surface area contributed by atoms with Gasteiger partial charge in [-0.3, -0.25) is 19.0 Å². The fourth-order valence-corrected chi connectivity index (χ4v) is 5.39. The van der Waals surface area contributed by atoms with E-state index in [2.05, 4.69) is 4.98 Å². The molecule has 1 fully saturated rings. The maximum Gasteiger partial charge on any atom is 0.263 e. The molecule has 0 unspecified atom stereocenters. The molecule has 27 heavy (non-hydrogen) atoms. The van der Waals surface area contributed by atoms with Gasteiger partial charge in [-0.15, -0.1) is 11.3 Å². The fraction of sp³-hybridized carbons (Fsp3) is 0.556. The molecular formula is C18H24N4O3S2. The number of nitrogens with zero attached hydrogens (tertiary/aromatic N) is 3. The van der Waals surface area contributed by atoms with Gasteiger partial charge in [0.1, 0.15) is 4.83 Å². The third-order valence-electron chi connectivity index (χ3n) is 5.07. The number of amides is 2. The van der Waals surface area contributed by atoms with E-state index in [9.17, 15) is 14.4 Å². The summed E-state index contributed by atoms with van der Waals surface area (Å²) in [5.74, 6) is -0.489. The average molecular weight is 409 g/mol. The summed E-state index contributed by atoms with van der Waals surface area (Å²) in [5.41, 5.74) is 6.32. The molecule has 9 heteroatoms. The SMILES string of the molecule is CCn1c(SCC(=O)N2CCC[C@H](C(N)=O)C2)nc2sc(C)c(C)c2c1=O. The van der Waals surface area contributed by atoms with Crippen LogP contribution in [-0.2, 0) is 16.1 Å². The van der Waals surface area contributed by atoms with Gasteiger partial charge in [0.25, 0.3) is 5.56 Å². The largest absolute Gasteiger partial charge is 0.369 e. The molecule has 0 aliphatic carbocycles. The predicted octanol–water partition coefficient (Wildman–Crippen LogP) is 1.91. The van der Waals surface area contributed by atoms with E-state index in [-0.39, 0.29) is 29.0 Å². The number of carbonyl (C=O) groups excluding carboxylic acids is 2. The van der Waals surface area contributed by atoms with Gasteiger partial charge in [-0.25, -0.2) is 4.98 Å². The Balaban J connectivity index is 1.79. The highest BCUT2D eigenvalue weighted by atomic mass is 32.2. The van der Waals surface area contributed by atoms with Crippen molar-refractivity contribution in [3.63, 3.8) is 0 Å². The quantitative estimate of drug-likeness (QED) is 0.602. The van der Waals surface area contributed by atoms with Crippen molar-refractivity contribution < 1.29 is 9.59 Å². The van der Waals surface area contributed by atoms with E-state index in [1.54, 1.807) is 9.47 Å². The highest BCUT2D eigenvalue weighted by Crippen LogP contribution is 2.28. The maximum absolute atomic E-state index is 12.8. The van der Waals surface area contributed by atoms with E-state index in [0.717, 1.165) is 28.1 Å². The van der Waals surface area contributed by atoms with Gasteiger partial charge < -0.3 is 10.6 Å². The molecule has 3 rings (SSSR count). The van der Waals surface area contributed by atoms with Crippen LogP contribution in [0.5, 0.6) is 0 Å². The van der Waals surface area contributed by atoms with Gasteiger partial charge >= 0.3 is 0 Å². The summed E-state index contributed by atoms with van der Waals surface area (Å²) >= 11 is 2.79. The minimum absolute atomic E-state index is 0.0499. The Morgan fingerprint density at radius 3 is 2.78 bits per heavy atom. The van der Waals surface area contributed by atoms with Crippen molar-refractivity contribution in [1.29, 1.82) is 0 Å². The Hall–Kier alpha value is -1.87. The molecule has 146 valence electrons. The molecule has 1 aliphatic heterocycles. The van der Waals surface area contributed by atoms with Crippen LogP contribution in [0.3, 0.4) is 0 Å². The molecule has 2 N–H and O–H groups in total. The van der Waals surface area contributed by atoms with Gasteiger partial charge in [-0.1, -0.05) is 11.8 Å². The molecule has 3 heterocycles. The molecule has 0 aromatic carbocycles. The number of rotatable bonds is 5. The number of hydrogen-bond acceptors (Lipinski definition) is 6. The first-order valence-corrected chi connectivity index (χ1v) is 10.8. The summed E-state index contributed by atoms with van der Waals surface area (Å²) in [6.07, 6.45) is 1.51. The van der Waals surface area contributed by atoms with Gasteiger partial charge in [-0.2, -0.15) is 0 Å². The van der Waals surface area contributed by atoms with Crippen molar-refractivity contribution in [2.75, 3.05) is 18.8 Å². The number of piperidine rings is 1. The first-order valence-electron chi connectivity index (χ1n) is 9.03. The average Bonchev–Trinajstić information content (AvgIpc) is 2.94. The predicted molar refractivity (Wildman–Crippen MR) is 108 cm³/mol. The van der Waals surface area contributed by atoms with Crippen molar-refractivity contribution in [3.8, 4) is 0 Å². The van der Waals surface area contributed by atoms with Crippen LogP contribution in [0, 0.1) is 19.8 Å². The number of thioether (sulfide) groups is 1. The zero-order chi connectivity index (χ0) is 19.7. The number of likely N-dealkylation sites (tertiary alicyclic amines) is 1. The molecule has 1 atom stereocenters. The van der Waals surface area contributed by atoms with Crippen LogP contribution in [0.1, 0.15) is 30.2 Å². The second-order valence-electron chi connectivity index (χ2n) is 6.78. The molecule has 7 nitrogen and oxygen atoms in total. The van der Waals surface area contributed by atoms with Crippen molar-refractivity contribution in [2.24, 2.45) is 11.7 Å². The van der Waals surface area contributed by atoms with E-state index in [4.69, 9.17) is 5.73 Å². The Morgan fingerprint density at radius 2 is 2.11 bits per heavy atom. The monoisotopic (exact) mass is 408 g/mol. The minimum Gasteiger partial charge on any atom is -0.369 e. The van der Waals surface area contributed by atoms with Crippen molar-refractivity contribution in [1.82, 2.24) is 14.5 Å². The number of hydrogen-bond donors (Lipinski definition) is 1. The molecule has 0 spiro atoms. The Morgan fingerprint density at radius 1 is 1.37 bits per heavy atom. The van der Waals surface area contributed by atoms with Crippen LogP contribution in [0.4, 0.5) is 0 Å². The normalized spacial score (nSPS) is 17.4. The van der Waals surface area contributed by atoms with Crippen LogP contribution in [0.2, 0.25) is 0 Å². The Labute approximate surface area is 165 Å². The molecule has 0 radical (unpaired) electrons. The summed E-state index contributed by atoms with van der Waals surface area (Å²) in [5, 5.41) is 1.24. The second kappa shape index (κ2) is 8.02. The number of aryl methyl sites for hydroxylation is 2. The number of thiophene rings is 1. The summed E-state index contributed by atoms with van der Waals surface area (Å²) in [7, 11) is 0.